The van der Waals surface area contributed by atoms with Gasteiger partial charge in [0.1, 0.15) is 0 Å². The lowest BCUT2D eigenvalue weighted by Gasteiger charge is -2.06. The quantitative estimate of drug-likeness (QED) is 0.666. The smallest absolute Gasteiger partial charge is 0.193 e. The second-order valence-electron chi connectivity index (χ2n) is 4.69. The van der Waals surface area contributed by atoms with Crippen LogP contribution in [0.25, 0.3) is 0 Å². The third-order valence-corrected chi connectivity index (χ3v) is 3.15. The molecule has 0 atom stereocenters. The molecule has 4 heteroatoms. The lowest BCUT2D eigenvalue weighted by molar-refractivity contribution is 1.06. The van der Waals surface area contributed by atoms with Crippen molar-refractivity contribution in [3.63, 3.8) is 0 Å². The van der Waals surface area contributed by atoms with E-state index in [1.54, 1.807) is 12.1 Å². The van der Waals surface area contributed by atoms with E-state index >= 15 is 0 Å². The van der Waals surface area contributed by atoms with Crippen LogP contribution in [0, 0.1) is 11.3 Å². The number of benzene rings is 2. The maximum Gasteiger partial charge on any atom is 0.193 e. The van der Waals surface area contributed by atoms with Gasteiger partial charge in [-0.05, 0) is 41.8 Å². The van der Waals surface area contributed by atoms with E-state index in [1.807, 2.05) is 24.3 Å². The molecule has 2 aromatic carbocycles. The summed E-state index contributed by atoms with van der Waals surface area (Å²) in [5.41, 5.74) is 9.73. The summed E-state index contributed by atoms with van der Waals surface area (Å²) in [7, 11) is 0. The summed E-state index contributed by atoms with van der Waals surface area (Å²) in [5.74, 6) is 0.378. The molecule has 0 fully saturated rings. The summed E-state index contributed by atoms with van der Waals surface area (Å²) in [6, 6.07) is 17.5. The highest BCUT2D eigenvalue weighted by molar-refractivity contribution is 5.92. The average molecular weight is 278 g/mol. The topological polar surface area (TPSA) is 74.2 Å². The van der Waals surface area contributed by atoms with Crippen LogP contribution in [0.1, 0.15) is 23.6 Å². The molecule has 0 aliphatic rings. The monoisotopic (exact) mass is 278 g/mol. The van der Waals surface area contributed by atoms with Gasteiger partial charge < -0.3 is 11.1 Å². The van der Waals surface area contributed by atoms with Gasteiger partial charge in [0.15, 0.2) is 5.96 Å². The lowest BCUT2D eigenvalue weighted by atomic mass is 10.1. The molecule has 2 rings (SSSR count). The fourth-order valence-electron chi connectivity index (χ4n) is 1.87. The van der Waals surface area contributed by atoms with Gasteiger partial charge in [0, 0.05) is 5.69 Å². The Labute approximate surface area is 124 Å². The van der Waals surface area contributed by atoms with Gasteiger partial charge in [-0.3, -0.25) is 0 Å². The Balaban J connectivity index is 1.95. The van der Waals surface area contributed by atoms with Crippen molar-refractivity contribution in [2.45, 2.75) is 19.9 Å². The third kappa shape index (κ3) is 4.36. The van der Waals surface area contributed by atoms with Crippen LogP contribution >= 0.6 is 0 Å². The van der Waals surface area contributed by atoms with Gasteiger partial charge >= 0.3 is 0 Å². The number of anilines is 1. The van der Waals surface area contributed by atoms with Crippen molar-refractivity contribution in [3.8, 4) is 6.07 Å². The second-order valence-corrected chi connectivity index (χ2v) is 4.69. The van der Waals surface area contributed by atoms with E-state index < -0.39 is 0 Å². The molecule has 0 aliphatic heterocycles. The first-order valence-electron chi connectivity index (χ1n) is 6.86. The number of nitrogens with one attached hydrogen (secondary N) is 1. The van der Waals surface area contributed by atoms with Gasteiger partial charge in [0.25, 0.3) is 0 Å². The molecule has 0 bridgehead atoms. The van der Waals surface area contributed by atoms with Crippen LogP contribution in [0.3, 0.4) is 0 Å². The van der Waals surface area contributed by atoms with Gasteiger partial charge in [0.05, 0.1) is 18.2 Å². The largest absolute Gasteiger partial charge is 0.370 e. The van der Waals surface area contributed by atoms with E-state index in [9.17, 15) is 0 Å². The number of nitrogens with two attached hydrogens (primary N) is 1. The van der Waals surface area contributed by atoms with Crippen molar-refractivity contribution in [3.05, 3.63) is 65.2 Å². The number of rotatable bonds is 4. The molecule has 0 aromatic heterocycles. The Morgan fingerprint density at radius 2 is 1.71 bits per heavy atom. The van der Waals surface area contributed by atoms with Crippen LogP contribution in [-0.4, -0.2) is 5.96 Å². The summed E-state index contributed by atoms with van der Waals surface area (Å²) >= 11 is 0. The average Bonchev–Trinajstić information content (AvgIpc) is 2.54. The molecule has 0 aliphatic carbocycles. The van der Waals surface area contributed by atoms with Crippen molar-refractivity contribution < 1.29 is 0 Å². The maximum atomic E-state index is 8.74. The first kappa shape index (κ1) is 14.6. The van der Waals surface area contributed by atoms with Gasteiger partial charge in [-0.1, -0.05) is 31.2 Å². The molecule has 0 radical (unpaired) electrons. The zero-order valence-corrected chi connectivity index (χ0v) is 12.0. The zero-order chi connectivity index (χ0) is 15.1. The fourth-order valence-corrected chi connectivity index (χ4v) is 1.87. The minimum atomic E-state index is 0.378. The highest BCUT2D eigenvalue weighted by Crippen LogP contribution is 2.10. The molecule has 4 nitrogen and oxygen atoms in total. The van der Waals surface area contributed by atoms with Crippen LogP contribution in [0.2, 0.25) is 0 Å². The number of nitriles is 1. The summed E-state index contributed by atoms with van der Waals surface area (Å²) in [6.07, 6.45) is 1.02. The van der Waals surface area contributed by atoms with Crippen LogP contribution in [0.15, 0.2) is 53.5 Å². The van der Waals surface area contributed by atoms with Crippen molar-refractivity contribution in [1.82, 2.24) is 0 Å². The van der Waals surface area contributed by atoms with E-state index in [1.165, 1.54) is 5.56 Å². The molecule has 21 heavy (non-hydrogen) atoms. The Hall–Kier alpha value is -2.80. The van der Waals surface area contributed by atoms with Crippen molar-refractivity contribution >= 4 is 11.6 Å². The molecule has 2 aromatic rings. The molecular weight excluding hydrogens is 260 g/mol. The Morgan fingerprint density at radius 3 is 2.29 bits per heavy atom. The predicted molar refractivity (Wildman–Crippen MR) is 85.9 cm³/mol. The number of hydrogen-bond acceptors (Lipinski definition) is 2. The minimum Gasteiger partial charge on any atom is -0.370 e. The fraction of sp³-hybridized carbons (Fsp3) is 0.176. The summed E-state index contributed by atoms with van der Waals surface area (Å²) in [6.45, 7) is 2.60. The third-order valence-electron chi connectivity index (χ3n) is 3.15. The van der Waals surface area contributed by atoms with Crippen LogP contribution in [-0.2, 0) is 13.0 Å². The van der Waals surface area contributed by atoms with E-state index in [0.29, 0.717) is 18.1 Å². The standard InChI is InChI=1S/C17H18N4/c1-2-13-7-9-16(10-8-13)21-17(19)20-12-15-5-3-14(11-18)4-6-15/h3-10H,2,12H2,1H3,(H3,19,20,21). The van der Waals surface area contributed by atoms with Gasteiger partial charge in [-0.15, -0.1) is 0 Å². The van der Waals surface area contributed by atoms with Crippen molar-refractivity contribution in [1.29, 1.82) is 5.26 Å². The summed E-state index contributed by atoms with van der Waals surface area (Å²) in [4.78, 5) is 4.29. The van der Waals surface area contributed by atoms with Crippen LogP contribution < -0.4 is 11.1 Å². The number of nitrogens with zero attached hydrogens (tertiary/aromatic N) is 2. The summed E-state index contributed by atoms with van der Waals surface area (Å²) < 4.78 is 0. The molecule has 106 valence electrons. The summed E-state index contributed by atoms with van der Waals surface area (Å²) in [5, 5.41) is 11.8. The SMILES string of the molecule is CCc1ccc(NC(N)=NCc2ccc(C#N)cc2)cc1. The van der Waals surface area contributed by atoms with E-state index in [0.717, 1.165) is 17.7 Å². The maximum absolute atomic E-state index is 8.74. The van der Waals surface area contributed by atoms with Gasteiger partial charge in [-0.2, -0.15) is 5.26 Å². The molecule has 3 N–H and O–H groups in total. The molecule has 0 unspecified atom stereocenters. The number of aliphatic imine (C=N–C) groups is 1. The normalized spacial score (nSPS) is 11.0. The molecule has 0 saturated heterocycles. The lowest BCUT2D eigenvalue weighted by Crippen LogP contribution is -2.22. The van der Waals surface area contributed by atoms with Crippen molar-refractivity contribution in [2.75, 3.05) is 5.32 Å². The first-order valence-corrected chi connectivity index (χ1v) is 6.86. The molecule has 0 heterocycles. The predicted octanol–water partition coefficient (Wildman–Crippen LogP) is 3.05. The Bertz CT molecular complexity index is 649. The molecule has 0 spiro atoms. The second kappa shape index (κ2) is 7.11. The van der Waals surface area contributed by atoms with Crippen LogP contribution in [0.5, 0.6) is 0 Å². The van der Waals surface area contributed by atoms with Crippen molar-refractivity contribution in [2.24, 2.45) is 10.7 Å². The Kier molecular flexibility index (Phi) is 4.94. The molecule has 0 amide bonds. The minimum absolute atomic E-state index is 0.378. The van der Waals surface area contributed by atoms with Crippen LogP contribution in [0.4, 0.5) is 5.69 Å². The van der Waals surface area contributed by atoms with E-state index in [-0.39, 0.29) is 0 Å². The molecular formula is C17H18N4. The van der Waals surface area contributed by atoms with Gasteiger partial charge in [-0.25, -0.2) is 4.99 Å². The highest BCUT2D eigenvalue weighted by atomic mass is 15.1. The van der Waals surface area contributed by atoms with E-state index in [4.69, 9.17) is 11.0 Å². The zero-order valence-electron chi connectivity index (χ0n) is 12.0. The number of aryl methyl sites for hydroxylation is 1. The number of guanidine groups is 1. The molecule has 0 saturated carbocycles. The van der Waals surface area contributed by atoms with E-state index in [2.05, 4.69) is 35.4 Å². The highest BCUT2D eigenvalue weighted by Gasteiger charge is 1.97. The Morgan fingerprint density at radius 1 is 1.10 bits per heavy atom. The van der Waals surface area contributed by atoms with Gasteiger partial charge in [0.2, 0.25) is 0 Å². The number of hydrogen-bond donors (Lipinski definition) is 2. The first-order chi connectivity index (χ1) is 10.2.